The second-order valence-electron chi connectivity index (χ2n) is 7.17. The Labute approximate surface area is 176 Å². The van der Waals surface area contributed by atoms with Gasteiger partial charge in [-0.1, -0.05) is 23.5 Å². The molecule has 0 saturated carbocycles. The molecule has 2 aromatic heterocycles. The maximum Gasteiger partial charge on any atom is 0.226 e. The number of hydrogen-bond donors (Lipinski definition) is 1. The molecule has 5 rings (SSSR count). The Kier molecular flexibility index (Phi) is 4.51. The first kappa shape index (κ1) is 18.7. The summed E-state index contributed by atoms with van der Waals surface area (Å²) in [5, 5.41) is 8.32. The molecule has 1 aliphatic heterocycles. The summed E-state index contributed by atoms with van der Waals surface area (Å²) in [6.45, 7) is 4.46. The third-order valence-corrected chi connectivity index (χ3v) is 6.21. The van der Waals surface area contributed by atoms with E-state index >= 15 is 0 Å². The fraction of sp³-hybridized carbons (Fsp3) is 0.227. The molecule has 0 aliphatic carbocycles. The quantitative estimate of drug-likeness (QED) is 0.513. The van der Waals surface area contributed by atoms with Crippen LogP contribution in [-0.2, 0) is 4.79 Å². The lowest BCUT2D eigenvalue weighted by atomic mass is 9.86. The number of ether oxygens (including phenoxy) is 1. The van der Waals surface area contributed by atoms with Crippen molar-refractivity contribution in [2.45, 2.75) is 26.2 Å². The first-order valence-corrected chi connectivity index (χ1v) is 10.5. The van der Waals surface area contributed by atoms with E-state index < -0.39 is 0 Å². The molecule has 2 aromatic carbocycles. The van der Waals surface area contributed by atoms with E-state index in [4.69, 9.17) is 9.72 Å². The van der Waals surface area contributed by atoms with Gasteiger partial charge in [0.25, 0.3) is 0 Å². The summed E-state index contributed by atoms with van der Waals surface area (Å²) >= 11 is 1.49. The number of aryl methyl sites for hydroxylation is 1. The van der Waals surface area contributed by atoms with E-state index in [1.54, 1.807) is 16.8 Å². The summed E-state index contributed by atoms with van der Waals surface area (Å²) in [7, 11) is 0. The normalized spacial score (nSPS) is 15.8. The minimum absolute atomic E-state index is 0.0993. The number of halogens is 1. The van der Waals surface area contributed by atoms with Crippen molar-refractivity contribution >= 4 is 33.3 Å². The number of rotatable bonds is 4. The van der Waals surface area contributed by atoms with Crippen LogP contribution in [0.2, 0.25) is 0 Å². The molecule has 6 nitrogen and oxygen atoms in total. The number of benzene rings is 2. The van der Waals surface area contributed by atoms with Crippen LogP contribution in [0.25, 0.3) is 15.3 Å². The average Bonchev–Trinajstić information content (AvgIpc) is 3.29. The van der Waals surface area contributed by atoms with Gasteiger partial charge in [0.1, 0.15) is 17.4 Å². The molecule has 0 radical (unpaired) electrons. The van der Waals surface area contributed by atoms with Crippen LogP contribution in [-0.4, -0.2) is 27.3 Å². The molecule has 0 saturated heterocycles. The summed E-state index contributed by atoms with van der Waals surface area (Å²) in [5.41, 5.74) is 3.49. The molecule has 0 unspecified atom stereocenters. The Morgan fingerprint density at radius 3 is 2.83 bits per heavy atom. The molecule has 1 aliphatic rings. The molecule has 4 aromatic rings. The van der Waals surface area contributed by atoms with Gasteiger partial charge in [0, 0.05) is 17.9 Å². The van der Waals surface area contributed by atoms with Crippen LogP contribution in [0.3, 0.4) is 0 Å². The summed E-state index contributed by atoms with van der Waals surface area (Å²) in [6.07, 6.45) is 0.294. The number of nitrogens with zero attached hydrogens (tertiary/aromatic N) is 3. The summed E-state index contributed by atoms with van der Waals surface area (Å²) in [6, 6.07) is 12.1. The van der Waals surface area contributed by atoms with Crippen LogP contribution in [0.4, 0.5) is 10.2 Å². The zero-order valence-corrected chi connectivity index (χ0v) is 17.3. The number of carbonyl (C=O) groups excluding carboxylic acids is 1. The Morgan fingerprint density at radius 2 is 2.07 bits per heavy atom. The van der Waals surface area contributed by atoms with Crippen molar-refractivity contribution in [1.82, 2.24) is 14.8 Å². The van der Waals surface area contributed by atoms with E-state index in [9.17, 15) is 9.18 Å². The third-order valence-electron chi connectivity index (χ3n) is 5.22. The molecule has 0 fully saturated rings. The highest BCUT2D eigenvalue weighted by Crippen LogP contribution is 2.41. The van der Waals surface area contributed by atoms with E-state index in [0.29, 0.717) is 24.0 Å². The standard InChI is InChI=1S/C22H19FN4O2S/c1-3-29-15-8-9-17-18(10-15)30-22(24-17)27-21-20(12(2)26-27)16(11-19(28)25-21)13-4-6-14(23)7-5-13/h4-10,16H,3,11H2,1-2H3,(H,25,28)/t16-/m0/s1. The van der Waals surface area contributed by atoms with Crippen molar-refractivity contribution in [2.75, 3.05) is 11.9 Å². The van der Waals surface area contributed by atoms with Crippen molar-refractivity contribution in [3.63, 3.8) is 0 Å². The topological polar surface area (TPSA) is 69.0 Å². The van der Waals surface area contributed by atoms with E-state index in [1.807, 2.05) is 32.0 Å². The Bertz CT molecular complexity index is 1260. The molecule has 152 valence electrons. The van der Waals surface area contributed by atoms with Gasteiger partial charge in [-0.05, 0) is 49.7 Å². The minimum Gasteiger partial charge on any atom is -0.494 e. The van der Waals surface area contributed by atoms with Crippen LogP contribution in [0.1, 0.15) is 36.1 Å². The zero-order chi connectivity index (χ0) is 20.8. The SMILES string of the molecule is CCOc1ccc2nc(-n3nc(C)c4c3NC(=O)C[C@H]4c3ccc(F)cc3)sc2c1. The van der Waals surface area contributed by atoms with Gasteiger partial charge in [-0.2, -0.15) is 9.78 Å². The second-order valence-corrected chi connectivity index (χ2v) is 8.18. The van der Waals surface area contributed by atoms with E-state index in [2.05, 4.69) is 10.4 Å². The molecular weight excluding hydrogens is 403 g/mol. The fourth-order valence-corrected chi connectivity index (χ4v) is 4.86. The fourth-order valence-electron chi connectivity index (χ4n) is 3.91. The van der Waals surface area contributed by atoms with Gasteiger partial charge < -0.3 is 10.1 Å². The molecule has 8 heteroatoms. The van der Waals surface area contributed by atoms with Gasteiger partial charge in [-0.3, -0.25) is 4.79 Å². The molecule has 1 N–H and O–H groups in total. The van der Waals surface area contributed by atoms with Gasteiger partial charge in [-0.15, -0.1) is 0 Å². The molecule has 1 atom stereocenters. The first-order valence-electron chi connectivity index (χ1n) is 9.72. The summed E-state index contributed by atoms with van der Waals surface area (Å²) in [4.78, 5) is 17.2. The second kappa shape index (κ2) is 7.21. The maximum atomic E-state index is 13.4. The van der Waals surface area contributed by atoms with Crippen LogP contribution in [0, 0.1) is 12.7 Å². The number of aromatic nitrogens is 3. The number of fused-ring (bicyclic) bond motifs is 2. The van der Waals surface area contributed by atoms with E-state index in [-0.39, 0.29) is 17.6 Å². The van der Waals surface area contributed by atoms with Crippen molar-refractivity contribution in [1.29, 1.82) is 0 Å². The number of thiazole rings is 1. The monoisotopic (exact) mass is 422 g/mol. The lowest BCUT2D eigenvalue weighted by molar-refractivity contribution is -0.116. The van der Waals surface area contributed by atoms with Gasteiger partial charge >= 0.3 is 0 Å². The Morgan fingerprint density at radius 1 is 1.27 bits per heavy atom. The van der Waals surface area contributed by atoms with E-state index in [1.165, 1.54) is 23.5 Å². The zero-order valence-electron chi connectivity index (χ0n) is 16.5. The van der Waals surface area contributed by atoms with Crippen molar-refractivity contribution in [2.24, 2.45) is 0 Å². The van der Waals surface area contributed by atoms with Crippen LogP contribution < -0.4 is 10.1 Å². The van der Waals surface area contributed by atoms with Crippen molar-refractivity contribution < 1.29 is 13.9 Å². The number of hydrogen-bond acceptors (Lipinski definition) is 5. The highest BCUT2D eigenvalue weighted by atomic mass is 32.1. The lowest BCUT2D eigenvalue weighted by Gasteiger charge is -2.24. The maximum absolute atomic E-state index is 13.4. The molecule has 3 heterocycles. The number of carbonyl (C=O) groups is 1. The van der Waals surface area contributed by atoms with Gasteiger partial charge in [0.2, 0.25) is 11.0 Å². The van der Waals surface area contributed by atoms with Gasteiger partial charge in [-0.25, -0.2) is 9.37 Å². The third kappa shape index (κ3) is 3.13. The molecule has 0 bridgehead atoms. The van der Waals surface area contributed by atoms with Crippen LogP contribution in [0.15, 0.2) is 42.5 Å². The van der Waals surface area contributed by atoms with Gasteiger partial charge in [0.05, 0.1) is 22.5 Å². The number of nitrogens with one attached hydrogen (secondary N) is 1. The molecular formula is C22H19FN4O2S. The van der Waals surface area contributed by atoms with Crippen LogP contribution >= 0.6 is 11.3 Å². The Balaban J connectivity index is 1.61. The molecule has 0 spiro atoms. The predicted molar refractivity (Wildman–Crippen MR) is 114 cm³/mol. The Hall–Kier alpha value is -3.26. The summed E-state index contributed by atoms with van der Waals surface area (Å²) < 4.78 is 21.7. The minimum atomic E-state index is -0.299. The predicted octanol–water partition coefficient (Wildman–Crippen LogP) is 4.80. The van der Waals surface area contributed by atoms with Crippen molar-refractivity contribution in [3.8, 4) is 10.9 Å². The van der Waals surface area contributed by atoms with Crippen molar-refractivity contribution in [3.05, 3.63) is 65.1 Å². The smallest absolute Gasteiger partial charge is 0.226 e. The number of amides is 1. The first-order chi connectivity index (χ1) is 14.5. The largest absolute Gasteiger partial charge is 0.494 e. The summed E-state index contributed by atoms with van der Waals surface area (Å²) in [5.74, 6) is 0.845. The molecule has 1 amide bonds. The van der Waals surface area contributed by atoms with Crippen LogP contribution in [0.5, 0.6) is 5.75 Å². The number of anilines is 1. The highest BCUT2D eigenvalue weighted by molar-refractivity contribution is 7.20. The van der Waals surface area contributed by atoms with E-state index in [0.717, 1.165) is 32.8 Å². The lowest BCUT2D eigenvalue weighted by Crippen LogP contribution is -2.24. The van der Waals surface area contributed by atoms with Gasteiger partial charge in [0.15, 0.2) is 0 Å². The highest BCUT2D eigenvalue weighted by Gasteiger charge is 2.33. The molecule has 30 heavy (non-hydrogen) atoms. The average molecular weight is 422 g/mol.